The first-order valence-corrected chi connectivity index (χ1v) is 12.6. The molecule has 0 saturated heterocycles. The summed E-state index contributed by atoms with van der Waals surface area (Å²) in [6.07, 6.45) is 1.01. The molecule has 190 valence electrons. The normalized spacial score (nSPS) is 13.4. The van der Waals surface area contributed by atoms with E-state index in [0.717, 1.165) is 29.1 Å². The number of carbonyl (C=O) groups excluding carboxylic acids is 1. The maximum atomic E-state index is 14.3. The topological polar surface area (TPSA) is 41.4 Å². The predicted molar refractivity (Wildman–Crippen MR) is 139 cm³/mol. The number of fused-ring (bicyclic) bond motifs is 1. The highest BCUT2D eigenvalue weighted by Crippen LogP contribution is 2.28. The number of amides is 1. The highest BCUT2D eigenvalue weighted by molar-refractivity contribution is 5.78. The van der Waals surface area contributed by atoms with Crippen LogP contribution in [0.3, 0.4) is 0 Å². The van der Waals surface area contributed by atoms with Gasteiger partial charge in [-0.05, 0) is 36.8 Å². The van der Waals surface area contributed by atoms with Crippen LogP contribution in [-0.4, -0.2) is 38.6 Å². The molecule has 0 radical (unpaired) electrons. The van der Waals surface area contributed by atoms with Gasteiger partial charge in [-0.2, -0.15) is 5.10 Å². The number of carbonyl (C=O) groups is 1. The summed E-state index contributed by atoms with van der Waals surface area (Å²) in [6, 6.07) is 22.9. The molecule has 0 aliphatic carbocycles. The van der Waals surface area contributed by atoms with Crippen molar-refractivity contribution < 1.29 is 13.6 Å². The Kier molecular flexibility index (Phi) is 7.42. The van der Waals surface area contributed by atoms with Gasteiger partial charge in [0.2, 0.25) is 5.91 Å². The van der Waals surface area contributed by atoms with Crippen LogP contribution in [0.25, 0.3) is 5.69 Å². The predicted octanol–water partition coefficient (Wildman–Crippen LogP) is 5.30. The SMILES string of the molecule is CCN(Cc1nn(-c2cccc(F)c2)c2c1CN(Cc1ccccc1F)CC2)C(=O)Cc1ccccc1. The highest BCUT2D eigenvalue weighted by atomic mass is 19.1. The van der Waals surface area contributed by atoms with Crippen molar-refractivity contribution in [2.75, 3.05) is 13.1 Å². The first kappa shape index (κ1) is 24.8. The lowest BCUT2D eigenvalue weighted by Gasteiger charge is -2.28. The van der Waals surface area contributed by atoms with E-state index in [9.17, 15) is 13.6 Å². The van der Waals surface area contributed by atoms with Crippen molar-refractivity contribution >= 4 is 5.91 Å². The number of benzene rings is 3. The molecule has 4 aromatic rings. The van der Waals surface area contributed by atoms with E-state index in [0.29, 0.717) is 50.3 Å². The van der Waals surface area contributed by atoms with Gasteiger partial charge in [-0.25, -0.2) is 13.5 Å². The van der Waals surface area contributed by atoms with E-state index in [2.05, 4.69) is 4.90 Å². The molecule has 1 aliphatic heterocycles. The van der Waals surface area contributed by atoms with Crippen LogP contribution in [0.4, 0.5) is 8.78 Å². The molecule has 37 heavy (non-hydrogen) atoms. The number of aromatic nitrogens is 2. The van der Waals surface area contributed by atoms with E-state index in [4.69, 9.17) is 5.10 Å². The fourth-order valence-corrected chi connectivity index (χ4v) is 4.93. The third-order valence-electron chi connectivity index (χ3n) is 6.90. The van der Waals surface area contributed by atoms with Gasteiger partial charge in [0.25, 0.3) is 0 Å². The molecular weight excluding hydrogens is 470 g/mol. The molecular formula is C30H30F2N4O. The lowest BCUT2D eigenvalue weighted by atomic mass is 10.0. The first-order valence-electron chi connectivity index (χ1n) is 12.6. The van der Waals surface area contributed by atoms with Crippen LogP contribution < -0.4 is 0 Å². The Labute approximate surface area is 216 Å². The molecule has 5 nitrogen and oxygen atoms in total. The standard InChI is InChI=1S/C30H30F2N4O/c1-2-35(30(37)17-22-9-4-3-5-10-22)21-28-26-20-34(19-23-11-6-7-14-27(23)32)16-15-29(26)36(33-28)25-13-8-12-24(31)18-25/h3-14,18H,2,15-17,19-21H2,1H3. The highest BCUT2D eigenvalue weighted by Gasteiger charge is 2.28. The van der Waals surface area contributed by atoms with Gasteiger partial charge in [0, 0.05) is 43.7 Å². The molecule has 1 aromatic heterocycles. The Hall–Kier alpha value is -3.84. The summed E-state index contributed by atoms with van der Waals surface area (Å²) in [5.74, 6) is -0.511. The van der Waals surface area contributed by atoms with Crippen LogP contribution in [0, 0.1) is 11.6 Å². The van der Waals surface area contributed by atoms with Gasteiger partial charge in [-0.1, -0.05) is 54.6 Å². The molecule has 0 unspecified atom stereocenters. The second-order valence-electron chi connectivity index (χ2n) is 9.39. The maximum Gasteiger partial charge on any atom is 0.227 e. The molecule has 1 aliphatic rings. The van der Waals surface area contributed by atoms with Crippen LogP contribution in [0.5, 0.6) is 0 Å². The average molecular weight is 501 g/mol. The van der Waals surface area contributed by atoms with E-state index in [-0.39, 0.29) is 17.5 Å². The Balaban J connectivity index is 1.44. The van der Waals surface area contributed by atoms with E-state index in [1.807, 2.05) is 60.1 Å². The van der Waals surface area contributed by atoms with Crippen LogP contribution in [0.2, 0.25) is 0 Å². The third-order valence-corrected chi connectivity index (χ3v) is 6.90. The number of rotatable bonds is 8. The molecule has 0 atom stereocenters. The number of halogens is 2. The number of hydrogen-bond acceptors (Lipinski definition) is 3. The number of likely N-dealkylation sites (N-methyl/N-ethyl adjacent to an activating group) is 1. The molecule has 2 heterocycles. The zero-order valence-corrected chi connectivity index (χ0v) is 20.9. The molecule has 0 N–H and O–H groups in total. The molecule has 7 heteroatoms. The fraction of sp³-hybridized carbons (Fsp3) is 0.267. The van der Waals surface area contributed by atoms with E-state index in [1.54, 1.807) is 17.0 Å². The van der Waals surface area contributed by atoms with E-state index < -0.39 is 0 Å². The minimum Gasteiger partial charge on any atom is -0.337 e. The quantitative estimate of drug-likeness (QED) is 0.330. The number of nitrogens with zero attached hydrogens (tertiary/aromatic N) is 4. The summed E-state index contributed by atoms with van der Waals surface area (Å²) in [5, 5.41) is 4.89. The van der Waals surface area contributed by atoms with Crippen LogP contribution in [0.1, 0.15) is 35.0 Å². The molecule has 0 spiro atoms. The van der Waals surface area contributed by atoms with Crippen LogP contribution in [-0.2, 0) is 37.3 Å². The molecule has 0 bridgehead atoms. The molecule has 0 fully saturated rings. The van der Waals surface area contributed by atoms with Gasteiger partial charge in [0.15, 0.2) is 0 Å². The summed E-state index contributed by atoms with van der Waals surface area (Å²) in [4.78, 5) is 17.2. The first-order chi connectivity index (χ1) is 18.0. The van der Waals surface area contributed by atoms with Gasteiger partial charge >= 0.3 is 0 Å². The fourth-order valence-electron chi connectivity index (χ4n) is 4.93. The van der Waals surface area contributed by atoms with Crippen molar-refractivity contribution in [3.63, 3.8) is 0 Å². The largest absolute Gasteiger partial charge is 0.337 e. The van der Waals surface area contributed by atoms with Gasteiger partial charge in [-0.3, -0.25) is 9.69 Å². The van der Waals surface area contributed by atoms with Gasteiger partial charge < -0.3 is 4.90 Å². The van der Waals surface area contributed by atoms with Crippen molar-refractivity contribution in [1.82, 2.24) is 19.6 Å². The smallest absolute Gasteiger partial charge is 0.227 e. The maximum absolute atomic E-state index is 14.3. The Morgan fingerprint density at radius 3 is 2.54 bits per heavy atom. The minimum absolute atomic E-state index is 0.0294. The summed E-state index contributed by atoms with van der Waals surface area (Å²) >= 11 is 0. The van der Waals surface area contributed by atoms with Crippen molar-refractivity contribution in [3.05, 3.63) is 119 Å². The van der Waals surface area contributed by atoms with Crippen molar-refractivity contribution in [1.29, 1.82) is 0 Å². The van der Waals surface area contributed by atoms with Crippen LogP contribution in [0.15, 0.2) is 78.9 Å². The Morgan fingerprint density at radius 1 is 1.00 bits per heavy atom. The summed E-state index contributed by atoms with van der Waals surface area (Å²) in [6.45, 7) is 4.67. The van der Waals surface area contributed by atoms with E-state index >= 15 is 0 Å². The monoisotopic (exact) mass is 500 g/mol. The van der Waals surface area contributed by atoms with Gasteiger partial charge in [0.05, 0.1) is 30.0 Å². The molecule has 3 aromatic carbocycles. The molecule has 1 amide bonds. The van der Waals surface area contributed by atoms with Crippen molar-refractivity contribution in [2.45, 2.75) is 39.4 Å². The zero-order chi connectivity index (χ0) is 25.8. The summed E-state index contributed by atoms with van der Waals surface area (Å²) in [5.41, 5.74) is 5.10. The van der Waals surface area contributed by atoms with Crippen LogP contribution >= 0.6 is 0 Å². The van der Waals surface area contributed by atoms with Crippen molar-refractivity contribution in [3.8, 4) is 5.69 Å². The number of hydrogen-bond donors (Lipinski definition) is 0. The Morgan fingerprint density at radius 2 is 1.78 bits per heavy atom. The second kappa shape index (κ2) is 11.0. The summed E-state index contributed by atoms with van der Waals surface area (Å²) in [7, 11) is 0. The third kappa shape index (κ3) is 5.62. The lowest BCUT2D eigenvalue weighted by molar-refractivity contribution is -0.130. The molecule has 0 saturated carbocycles. The van der Waals surface area contributed by atoms with Gasteiger partial charge in [0.1, 0.15) is 11.6 Å². The summed E-state index contributed by atoms with van der Waals surface area (Å²) < 4.78 is 30.2. The van der Waals surface area contributed by atoms with E-state index in [1.165, 1.54) is 18.2 Å². The Bertz CT molecular complexity index is 1390. The second-order valence-corrected chi connectivity index (χ2v) is 9.39. The van der Waals surface area contributed by atoms with Gasteiger partial charge in [-0.15, -0.1) is 0 Å². The molecule has 5 rings (SSSR count). The average Bonchev–Trinajstić information content (AvgIpc) is 3.26. The minimum atomic E-state index is -0.325. The zero-order valence-electron chi connectivity index (χ0n) is 20.9. The van der Waals surface area contributed by atoms with Crippen molar-refractivity contribution in [2.24, 2.45) is 0 Å². The lowest BCUT2D eigenvalue weighted by Crippen LogP contribution is -2.34.